The molecule has 0 radical (unpaired) electrons. The van der Waals surface area contributed by atoms with E-state index in [0.717, 1.165) is 17.2 Å². The van der Waals surface area contributed by atoms with Gasteiger partial charge in [0.05, 0.1) is 17.0 Å². The number of carboxylic acids is 1. The summed E-state index contributed by atoms with van der Waals surface area (Å²) in [6, 6.07) is 10.4. The van der Waals surface area contributed by atoms with E-state index in [0.29, 0.717) is 24.1 Å². The van der Waals surface area contributed by atoms with Crippen LogP contribution in [-0.2, 0) is 39.8 Å². The summed E-state index contributed by atoms with van der Waals surface area (Å²) in [5.74, 6) is -2.84. The topological polar surface area (TPSA) is 111 Å². The standard InChI is InChI=1S/C29H30F3N3O4/c1-3-15(2)23(34-25(36)19-13-16-7-4-5-8-17(16)19)26(37)35-28(27(38)39)12-11-22-20(14-28)18-9-6-10-21(24(18)33-22)29(30,31)32/h4-10,15,19,23,33H,3,11-14H2,1-2H3,(H,34,36)(H,35,37)(H,38,39). The number of hydrogen-bond acceptors (Lipinski definition) is 3. The Bertz CT molecular complexity index is 1460. The van der Waals surface area contributed by atoms with E-state index in [-0.39, 0.29) is 47.9 Å². The molecule has 3 aromatic rings. The van der Waals surface area contributed by atoms with E-state index in [9.17, 15) is 32.7 Å². The summed E-state index contributed by atoms with van der Waals surface area (Å²) in [6.07, 6.45) is -3.49. The highest BCUT2D eigenvalue weighted by atomic mass is 19.4. The van der Waals surface area contributed by atoms with Crippen molar-refractivity contribution in [3.63, 3.8) is 0 Å². The number of benzene rings is 2. The normalized spacial score (nSPS) is 21.7. The third-order valence-corrected chi connectivity index (χ3v) is 8.35. The summed E-state index contributed by atoms with van der Waals surface area (Å²) >= 11 is 0. The summed E-state index contributed by atoms with van der Waals surface area (Å²) in [7, 11) is 0. The fourth-order valence-corrected chi connectivity index (χ4v) is 5.81. The van der Waals surface area contributed by atoms with E-state index in [1.165, 1.54) is 12.1 Å². The number of H-pyrrole nitrogens is 1. The second-order valence-corrected chi connectivity index (χ2v) is 10.7. The van der Waals surface area contributed by atoms with Gasteiger partial charge in [0.25, 0.3) is 0 Å². The summed E-state index contributed by atoms with van der Waals surface area (Å²) in [4.78, 5) is 42.1. The quantitative estimate of drug-likeness (QED) is 0.353. The molecule has 2 aromatic carbocycles. The van der Waals surface area contributed by atoms with Crippen molar-refractivity contribution in [1.82, 2.24) is 15.6 Å². The van der Waals surface area contributed by atoms with Crippen molar-refractivity contribution in [1.29, 1.82) is 0 Å². The Morgan fingerprint density at radius 2 is 1.90 bits per heavy atom. The van der Waals surface area contributed by atoms with Crippen molar-refractivity contribution in [2.24, 2.45) is 5.92 Å². The first-order chi connectivity index (χ1) is 18.4. The number of carboxylic acid groups (broad SMARTS) is 1. The fraction of sp³-hybridized carbons (Fsp3) is 0.414. The molecule has 0 bridgehead atoms. The van der Waals surface area contributed by atoms with E-state index < -0.39 is 35.2 Å². The lowest BCUT2D eigenvalue weighted by Gasteiger charge is -2.37. The van der Waals surface area contributed by atoms with Gasteiger partial charge in [-0.1, -0.05) is 56.7 Å². The molecule has 0 saturated heterocycles. The molecule has 4 atom stereocenters. The van der Waals surface area contributed by atoms with E-state index in [4.69, 9.17) is 0 Å². The SMILES string of the molecule is CCC(C)C(NC(=O)C1Cc2ccccc21)C(=O)NC1(C(=O)O)CCc2[nH]c3c(C(F)(F)F)cccc3c2C1. The average molecular weight is 542 g/mol. The van der Waals surface area contributed by atoms with Gasteiger partial charge in [-0.2, -0.15) is 13.2 Å². The molecule has 206 valence electrons. The van der Waals surface area contributed by atoms with Gasteiger partial charge in [-0.3, -0.25) is 9.59 Å². The van der Waals surface area contributed by atoms with Crippen molar-refractivity contribution < 1.29 is 32.7 Å². The van der Waals surface area contributed by atoms with Gasteiger partial charge in [0, 0.05) is 17.5 Å². The predicted octanol–water partition coefficient (Wildman–Crippen LogP) is 4.49. The summed E-state index contributed by atoms with van der Waals surface area (Å²) in [6.45, 7) is 3.68. The second-order valence-electron chi connectivity index (χ2n) is 10.7. The maximum absolute atomic E-state index is 13.6. The van der Waals surface area contributed by atoms with Crippen molar-refractivity contribution >= 4 is 28.7 Å². The minimum atomic E-state index is -4.58. The second kappa shape index (κ2) is 9.73. The number of hydrogen-bond donors (Lipinski definition) is 4. The van der Waals surface area contributed by atoms with Gasteiger partial charge in [-0.15, -0.1) is 0 Å². The number of rotatable bonds is 7. The van der Waals surface area contributed by atoms with Crippen molar-refractivity contribution in [2.45, 2.75) is 69.6 Å². The number of amides is 2. The van der Waals surface area contributed by atoms with Gasteiger partial charge in [0.1, 0.15) is 11.6 Å². The third kappa shape index (κ3) is 4.66. The molecule has 10 heteroatoms. The molecule has 2 aliphatic carbocycles. The molecule has 1 aromatic heterocycles. The van der Waals surface area contributed by atoms with Crippen LogP contribution < -0.4 is 10.6 Å². The molecule has 4 N–H and O–H groups in total. The number of fused-ring (bicyclic) bond motifs is 4. The van der Waals surface area contributed by atoms with Gasteiger partial charge < -0.3 is 20.7 Å². The van der Waals surface area contributed by atoms with Gasteiger partial charge >= 0.3 is 12.1 Å². The van der Waals surface area contributed by atoms with Crippen LogP contribution in [0.2, 0.25) is 0 Å². The van der Waals surface area contributed by atoms with Crippen molar-refractivity contribution in [2.75, 3.05) is 0 Å². The van der Waals surface area contributed by atoms with Gasteiger partial charge in [0.15, 0.2) is 0 Å². The molecular formula is C29H30F3N3O4. The lowest BCUT2D eigenvalue weighted by Crippen LogP contribution is -2.63. The molecule has 39 heavy (non-hydrogen) atoms. The van der Waals surface area contributed by atoms with Crippen molar-refractivity contribution in [3.05, 3.63) is 70.4 Å². The number of carbonyl (C=O) groups is 3. The first-order valence-corrected chi connectivity index (χ1v) is 13.1. The minimum absolute atomic E-state index is 0.00752. The molecule has 1 heterocycles. The Morgan fingerprint density at radius 1 is 1.15 bits per heavy atom. The van der Waals surface area contributed by atoms with E-state index in [2.05, 4.69) is 15.6 Å². The van der Waals surface area contributed by atoms with Gasteiger partial charge in [-0.05, 0) is 47.9 Å². The van der Waals surface area contributed by atoms with E-state index in [1.807, 2.05) is 38.1 Å². The zero-order chi connectivity index (χ0) is 28.1. The number of alkyl halides is 3. The fourth-order valence-electron chi connectivity index (χ4n) is 5.81. The number of aromatic nitrogens is 1. The maximum Gasteiger partial charge on any atom is 0.418 e. The van der Waals surface area contributed by atoms with Crippen LogP contribution in [-0.4, -0.2) is 39.5 Å². The molecule has 0 saturated carbocycles. The maximum atomic E-state index is 13.6. The van der Waals surface area contributed by atoms with E-state index >= 15 is 0 Å². The molecule has 0 aliphatic heterocycles. The zero-order valence-electron chi connectivity index (χ0n) is 21.6. The Hall–Kier alpha value is -3.82. The van der Waals surface area contributed by atoms with E-state index in [1.54, 1.807) is 0 Å². The van der Waals surface area contributed by atoms with Crippen LogP contribution in [0, 0.1) is 5.92 Å². The number of aromatic amines is 1. The van der Waals surface area contributed by atoms with Crippen LogP contribution in [0.1, 0.15) is 60.6 Å². The highest BCUT2D eigenvalue weighted by Crippen LogP contribution is 2.40. The summed E-state index contributed by atoms with van der Waals surface area (Å²) in [5.41, 5.74) is 0.329. The Labute approximate surface area is 223 Å². The highest BCUT2D eigenvalue weighted by Gasteiger charge is 2.46. The summed E-state index contributed by atoms with van der Waals surface area (Å²) < 4.78 is 40.8. The lowest BCUT2D eigenvalue weighted by molar-refractivity contribution is -0.149. The molecule has 2 amide bonds. The van der Waals surface area contributed by atoms with Crippen LogP contribution in [0.3, 0.4) is 0 Å². The Morgan fingerprint density at radius 3 is 2.56 bits per heavy atom. The third-order valence-electron chi connectivity index (χ3n) is 8.35. The van der Waals surface area contributed by atoms with Crippen LogP contribution in [0.25, 0.3) is 10.9 Å². The Balaban J connectivity index is 1.41. The van der Waals surface area contributed by atoms with Crippen LogP contribution >= 0.6 is 0 Å². The summed E-state index contributed by atoms with van der Waals surface area (Å²) in [5, 5.41) is 16.1. The first kappa shape index (κ1) is 26.8. The largest absolute Gasteiger partial charge is 0.479 e. The lowest BCUT2D eigenvalue weighted by atomic mass is 9.76. The minimum Gasteiger partial charge on any atom is -0.479 e. The molecule has 0 fully saturated rings. The zero-order valence-corrected chi connectivity index (χ0v) is 21.6. The van der Waals surface area contributed by atoms with Crippen molar-refractivity contribution in [3.8, 4) is 0 Å². The number of nitrogens with one attached hydrogen (secondary N) is 3. The predicted molar refractivity (Wildman–Crippen MR) is 138 cm³/mol. The number of aryl methyl sites for hydroxylation is 1. The molecule has 4 unspecified atom stereocenters. The molecule has 0 spiro atoms. The monoisotopic (exact) mass is 541 g/mol. The molecule has 7 nitrogen and oxygen atoms in total. The molecule has 5 rings (SSSR count). The number of aliphatic carboxylic acids is 1. The molecular weight excluding hydrogens is 511 g/mol. The average Bonchev–Trinajstić information content (AvgIpc) is 3.24. The number of halogens is 3. The Kier molecular flexibility index (Phi) is 6.68. The highest BCUT2D eigenvalue weighted by molar-refractivity contribution is 5.96. The molecule has 2 aliphatic rings. The van der Waals surface area contributed by atoms with Crippen LogP contribution in [0.4, 0.5) is 13.2 Å². The smallest absolute Gasteiger partial charge is 0.418 e. The van der Waals surface area contributed by atoms with Gasteiger partial charge in [-0.25, -0.2) is 4.79 Å². The van der Waals surface area contributed by atoms with Crippen LogP contribution in [0.15, 0.2) is 42.5 Å². The first-order valence-electron chi connectivity index (χ1n) is 13.1. The van der Waals surface area contributed by atoms with Crippen LogP contribution in [0.5, 0.6) is 0 Å². The van der Waals surface area contributed by atoms with Gasteiger partial charge in [0.2, 0.25) is 11.8 Å². The number of para-hydroxylation sites is 1. The number of carbonyl (C=O) groups excluding carboxylic acids is 2.